The van der Waals surface area contributed by atoms with E-state index in [0.29, 0.717) is 31.9 Å². The Morgan fingerprint density at radius 1 is 0.931 bits per heavy atom. The number of rotatable bonds is 4. The number of anilines is 2. The summed E-state index contributed by atoms with van der Waals surface area (Å²) in [7, 11) is -3.53. The van der Waals surface area contributed by atoms with Gasteiger partial charge in [-0.1, -0.05) is 0 Å². The number of sulfonamides is 1. The minimum atomic E-state index is -3.53. The van der Waals surface area contributed by atoms with Crippen LogP contribution in [0.25, 0.3) is 0 Å². The van der Waals surface area contributed by atoms with Gasteiger partial charge in [0.25, 0.3) is 0 Å². The molecule has 4 heterocycles. The van der Waals surface area contributed by atoms with Crippen molar-refractivity contribution >= 4 is 21.7 Å². The molecule has 29 heavy (non-hydrogen) atoms. The summed E-state index contributed by atoms with van der Waals surface area (Å²) in [4.78, 5) is 13.2. The molecule has 0 N–H and O–H groups in total. The van der Waals surface area contributed by atoms with Gasteiger partial charge in [0.2, 0.25) is 10.0 Å². The van der Waals surface area contributed by atoms with Crippen LogP contribution in [0.15, 0.2) is 41.6 Å². The maximum atomic E-state index is 12.7. The molecule has 2 saturated heterocycles. The number of nitriles is 1. The average molecular weight is 414 g/mol. The normalized spacial score (nSPS) is 18.4. The molecule has 0 spiro atoms. The molecule has 0 radical (unpaired) electrons. The predicted molar refractivity (Wildman–Crippen MR) is 107 cm³/mol. The number of ether oxygens (including phenoxy) is 1. The molecule has 0 aromatic carbocycles. The fourth-order valence-corrected chi connectivity index (χ4v) is 4.83. The number of piperazine rings is 1. The molecular weight excluding hydrogens is 392 g/mol. The summed E-state index contributed by atoms with van der Waals surface area (Å²) in [6.07, 6.45) is 3.08. The predicted octanol–water partition coefficient (Wildman–Crippen LogP) is 0.696. The van der Waals surface area contributed by atoms with Crippen molar-refractivity contribution in [3.63, 3.8) is 0 Å². The molecule has 4 rings (SSSR count). The fraction of sp³-hybridized carbons (Fsp3) is 0.421. The number of aromatic nitrogens is 2. The largest absolute Gasteiger partial charge is 0.379 e. The Labute approximate surface area is 170 Å². The summed E-state index contributed by atoms with van der Waals surface area (Å²) in [5.41, 5.74) is 0.594. The molecule has 0 unspecified atom stereocenters. The van der Waals surface area contributed by atoms with Crippen molar-refractivity contribution in [3.05, 3.63) is 42.2 Å². The first-order valence-electron chi connectivity index (χ1n) is 9.48. The fourth-order valence-electron chi connectivity index (χ4n) is 3.47. The lowest BCUT2D eigenvalue weighted by Crippen LogP contribution is -2.47. The van der Waals surface area contributed by atoms with Crippen molar-refractivity contribution in [1.29, 1.82) is 5.26 Å². The molecule has 0 atom stereocenters. The van der Waals surface area contributed by atoms with Crippen LogP contribution in [-0.4, -0.2) is 75.2 Å². The van der Waals surface area contributed by atoms with Gasteiger partial charge in [0.15, 0.2) is 0 Å². The molecule has 2 fully saturated rings. The summed E-state index contributed by atoms with van der Waals surface area (Å²) in [5, 5.41) is 9.05. The van der Waals surface area contributed by atoms with Gasteiger partial charge in [-0.2, -0.15) is 9.57 Å². The van der Waals surface area contributed by atoms with Crippen LogP contribution >= 0.6 is 0 Å². The highest BCUT2D eigenvalue weighted by molar-refractivity contribution is 7.89. The van der Waals surface area contributed by atoms with Gasteiger partial charge in [0.05, 0.1) is 24.8 Å². The van der Waals surface area contributed by atoms with Crippen LogP contribution in [0, 0.1) is 11.3 Å². The smallest absolute Gasteiger partial charge is 0.244 e. The summed E-state index contributed by atoms with van der Waals surface area (Å²) in [6.45, 7) is 4.54. The number of morpholine rings is 1. The van der Waals surface area contributed by atoms with Crippen LogP contribution in [0.5, 0.6) is 0 Å². The van der Waals surface area contributed by atoms with Crippen LogP contribution in [0.1, 0.15) is 5.56 Å². The lowest BCUT2D eigenvalue weighted by atomic mass is 10.2. The monoisotopic (exact) mass is 414 g/mol. The third-order valence-corrected chi connectivity index (χ3v) is 7.01. The number of pyridine rings is 2. The van der Waals surface area contributed by atoms with Crippen molar-refractivity contribution in [3.8, 4) is 6.07 Å². The Hall–Kier alpha value is -2.74. The van der Waals surface area contributed by atoms with Crippen LogP contribution in [0.2, 0.25) is 0 Å². The van der Waals surface area contributed by atoms with E-state index < -0.39 is 10.0 Å². The van der Waals surface area contributed by atoms with Gasteiger partial charge < -0.3 is 14.5 Å². The SMILES string of the molecule is N#Cc1ccnc(N2CCN(c3ccc(S(=O)(=O)N4CCOCC4)cn3)CC2)c1. The van der Waals surface area contributed by atoms with Gasteiger partial charge in [-0.05, 0) is 24.3 Å². The third kappa shape index (κ3) is 4.17. The molecule has 0 bridgehead atoms. The lowest BCUT2D eigenvalue weighted by molar-refractivity contribution is 0.0730. The van der Waals surface area contributed by atoms with E-state index in [4.69, 9.17) is 10.00 Å². The molecule has 152 valence electrons. The second kappa shape index (κ2) is 8.32. The van der Waals surface area contributed by atoms with Crippen molar-refractivity contribution < 1.29 is 13.2 Å². The van der Waals surface area contributed by atoms with Gasteiger partial charge in [-0.3, -0.25) is 0 Å². The second-order valence-electron chi connectivity index (χ2n) is 6.86. The zero-order chi connectivity index (χ0) is 20.3. The molecule has 0 saturated carbocycles. The molecule has 0 amide bonds. The maximum Gasteiger partial charge on any atom is 0.244 e. The highest BCUT2D eigenvalue weighted by atomic mass is 32.2. The second-order valence-corrected chi connectivity index (χ2v) is 8.80. The standard InChI is InChI=1S/C19H22N6O3S/c20-14-16-3-4-21-19(13-16)24-7-5-23(6-8-24)18-2-1-17(15-22-18)29(26,27)25-9-11-28-12-10-25/h1-4,13,15H,5-12H2. The van der Waals surface area contributed by atoms with Crippen molar-refractivity contribution in [2.24, 2.45) is 0 Å². The van der Waals surface area contributed by atoms with Crippen LogP contribution in [-0.2, 0) is 14.8 Å². The van der Waals surface area contributed by atoms with Crippen LogP contribution in [0.3, 0.4) is 0 Å². The van der Waals surface area contributed by atoms with Crippen molar-refractivity contribution in [2.75, 3.05) is 62.3 Å². The Balaban J connectivity index is 1.41. The first kappa shape index (κ1) is 19.6. The number of hydrogen-bond donors (Lipinski definition) is 0. The quantitative estimate of drug-likeness (QED) is 0.720. The Kier molecular flexibility index (Phi) is 5.62. The highest BCUT2D eigenvalue weighted by Gasteiger charge is 2.27. The molecule has 2 aliphatic heterocycles. The highest BCUT2D eigenvalue weighted by Crippen LogP contribution is 2.21. The zero-order valence-corrected chi connectivity index (χ0v) is 16.8. The van der Waals surface area contributed by atoms with E-state index in [1.54, 1.807) is 30.5 Å². The third-order valence-electron chi connectivity index (χ3n) is 5.13. The summed E-state index contributed by atoms with van der Waals surface area (Å²) in [6, 6.07) is 9.00. The van der Waals surface area contributed by atoms with E-state index in [9.17, 15) is 8.42 Å². The van der Waals surface area contributed by atoms with E-state index in [2.05, 4.69) is 25.8 Å². The molecule has 2 aliphatic rings. The Morgan fingerprint density at radius 2 is 1.62 bits per heavy atom. The van der Waals surface area contributed by atoms with E-state index >= 15 is 0 Å². The van der Waals surface area contributed by atoms with Gasteiger partial charge in [-0.25, -0.2) is 18.4 Å². The van der Waals surface area contributed by atoms with E-state index in [1.807, 2.05) is 0 Å². The molecule has 9 nitrogen and oxygen atoms in total. The van der Waals surface area contributed by atoms with Crippen molar-refractivity contribution in [2.45, 2.75) is 4.90 Å². The van der Waals surface area contributed by atoms with E-state index in [-0.39, 0.29) is 4.90 Å². The number of nitrogens with zero attached hydrogens (tertiary/aromatic N) is 6. The Morgan fingerprint density at radius 3 is 2.24 bits per heavy atom. The minimum Gasteiger partial charge on any atom is -0.379 e. The summed E-state index contributed by atoms with van der Waals surface area (Å²) >= 11 is 0. The van der Waals surface area contributed by atoms with Gasteiger partial charge in [0, 0.05) is 51.7 Å². The van der Waals surface area contributed by atoms with Crippen LogP contribution in [0.4, 0.5) is 11.6 Å². The first-order valence-corrected chi connectivity index (χ1v) is 10.9. The zero-order valence-electron chi connectivity index (χ0n) is 15.9. The first-order chi connectivity index (χ1) is 14.1. The molecule has 2 aromatic rings. The van der Waals surface area contributed by atoms with Gasteiger partial charge >= 0.3 is 0 Å². The van der Waals surface area contributed by atoms with E-state index in [0.717, 1.165) is 37.8 Å². The number of hydrogen-bond acceptors (Lipinski definition) is 8. The van der Waals surface area contributed by atoms with E-state index in [1.165, 1.54) is 10.5 Å². The van der Waals surface area contributed by atoms with Crippen molar-refractivity contribution in [1.82, 2.24) is 14.3 Å². The molecule has 10 heteroatoms. The molecule has 2 aromatic heterocycles. The maximum absolute atomic E-state index is 12.7. The minimum absolute atomic E-state index is 0.208. The molecule has 0 aliphatic carbocycles. The summed E-state index contributed by atoms with van der Waals surface area (Å²) in [5.74, 6) is 1.55. The van der Waals surface area contributed by atoms with Gasteiger partial charge in [-0.15, -0.1) is 0 Å². The van der Waals surface area contributed by atoms with Gasteiger partial charge in [0.1, 0.15) is 16.5 Å². The van der Waals surface area contributed by atoms with Crippen LogP contribution < -0.4 is 9.80 Å². The topological polar surface area (TPSA) is 103 Å². The lowest BCUT2D eigenvalue weighted by Gasteiger charge is -2.36. The summed E-state index contributed by atoms with van der Waals surface area (Å²) < 4.78 is 32.1. The average Bonchev–Trinajstić information content (AvgIpc) is 2.80. The Bertz CT molecular complexity index is 991. The molecular formula is C19H22N6O3S.